The average Bonchev–Trinajstić information content (AvgIpc) is 2.17. The summed E-state index contributed by atoms with van der Waals surface area (Å²) in [6, 6.07) is 6.93. The van der Waals surface area contributed by atoms with Crippen LogP contribution in [0.4, 0.5) is 5.69 Å². The Morgan fingerprint density at radius 3 is 2.25 bits per heavy atom. The van der Waals surface area contributed by atoms with E-state index in [0.717, 1.165) is 5.56 Å². The van der Waals surface area contributed by atoms with Gasteiger partial charge in [-0.1, -0.05) is 18.2 Å². The molecule has 5 heteroatoms. The van der Waals surface area contributed by atoms with E-state index in [2.05, 4.69) is 4.72 Å². The molecule has 0 radical (unpaired) electrons. The van der Waals surface area contributed by atoms with Gasteiger partial charge in [0.15, 0.2) is 0 Å². The number of hydrogen-bond acceptors (Lipinski definition) is 3. The maximum absolute atomic E-state index is 11.7. The first-order valence-electron chi connectivity index (χ1n) is 5.20. The molecule has 0 aromatic heterocycles. The second kappa shape index (κ2) is 4.84. The molecule has 0 saturated carbocycles. The Balaban J connectivity index is 2.89. The van der Waals surface area contributed by atoms with Crippen molar-refractivity contribution in [2.75, 3.05) is 5.73 Å². The molecule has 3 N–H and O–H groups in total. The number of para-hydroxylation sites is 1. The van der Waals surface area contributed by atoms with E-state index in [1.807, 2.05) is 18.2 Å². The highest BCUT2D eigenvalue weighted by Crippen LogP contribution is 2.20. The van der Waals surface area contributed by atoms with Crippen LogP contribution in [-0.2, 0) is 10.0 Å². The lowest BCUT2D eigenvalue weighted by Crippen LogP contribution is -2.33. The Kier molecular flexibility index (Phi) is 3.93. The lowest BCUT2D eigenvalue weighted by atomic mass is 10.1. The predicted molar refractivity (Wildman–Crippen MR) is 66.5 cm³/mol. The number of anilines is 1. The molecule has 0 spiro atoms. The lowest BCUT2D eigenvalue weighted by molar-refractivity contribution is 0.558. The van der Waals surface area contributed by atoms with Crippen molar-refractivity contribution in [3.05, 3.63) is 29.8 Å². The number of nitrogen functional groups attached to an aromatic ring is 1. The zero-order valence-electron chi connectivity index (χ0n) is 9.77. The van der Waals surface area contributed by atoms with Gasteiger partial charge < -0.3 is 5.73 Å². The molecule has 0 heterocycles. The highest BCUT2D eigenvalue weighted by atomic mass is 32.2. The zero-order chi connectivity index (χ0) is 12.3. The third-order valence-electron chi connectivity index (χ3n) is 2.42. The first kappa shape index (κ1) is 13.0. The largest absolute Gasteiger partial charge is 0.398 e. The molecule has 0 aliphatic rings. The summed E-state index contributed by atoms with van der Waals surface area (Å²) in [6.07, 6.45) is 0. The Morgan fingerprint density at radius 1 is 1.19 bits per heavy atom. The van der Waals surface area contributed by atoms with Gasteiger partial charge in [0.2, 0.25) is 10.0 Å². The summed E-state index contributed by atoms with van der Waals surface area (Å²) in [5.74, 6) is 0. The van der Waals surface area contributed by atoms with E-state index in [4.69, 9.17) is 5.73 Å². The Hall–Kier alpha value is -1.07. The molecule has 16 heavy (non-hydrogen) atoms. The average molecular weight is 242 g/mol. The minimum atomic E-state index is -3.27. The van der Waals surface area contributed by atoms with E-state index in [1.165, 1.54) is 0 Å². The third-order valence-corrected chi connectivity index (χ3v) is 4.35. The van der Waals surface area contributed by atoms with Crippen molar-refractivity contribution in [1.29, 1.82) is 0 Å². The topological polar surface area (TPSA) is 72.2 Å². The quantitative estimate of drug-likeness (QED) is 0.789. The smallest absolute Gasteiger partial charge is 0.214 e. The van der Waals surface area contributed by atoms with Crippen LogP contribution >= 0.6 is 0 Å². The molecule has 1 aromatic carbocycles. The normalized spacial score (nSPS) is 14.0. The van der Waals surface area contributed by atoms with Gasteiger partial charge in [-0.2, -0.15) is 0 Å². The van der Waals surface area contributed by atoms with Crippen molar-refractivity contribution in [2.24, 2.45) is 0 Å². The fourth-order valence-corrected chi connectivity index (χ4v) is 2.24. The van der Waals surface area contributed by atoms with Crippen molar-refractivity contribution >= 4 is 15.7 Å². The van der Waals surface area contributed by atoms with Crippen LogP contribution in [0.3, 0.4) is 0 Å². The van der Waals surface area contributed by atoms with Crippen molar-refractivity contribution < 1.29 is 8.42 Å². The van der Waals surface area contributed by atoms with Gasteiger partial charge in [-0.05, 0) is 32.4 Å². The molecular weight excluding hydrogens is 224 g/mol. The molecule has 0 bridgehead atoms. The predicted octanol–water partition coefficient (Wildman–Crippen LogP) is 1.66. The van der Waals surface area contributed by atoms with Crippen molar-refractivity contribution in [3.8, 4) is 0 Å². The van der Waals surface area contributed by atoms with Crippen LogP contribution < -0.4 is 10.5 Å². The zero-order valence-corrected chi connectivity index (χ0v) is 10.6. The molecule has 1 atom stereocenters. The van der Waals surface area contributed by atoms with E-state index in [0.29, 0.717) is 5.69 Å². The SMILES string of the molecule is CC(NS(=O)(=O)C(C)C)c1ccccc1N. The first-order chi connectivity index (χ1) is 7.34. The molecule has 1 unspecified atom stereocenters. The van der Waals surface area contributed by atoms with Crippen LogP contribution in [0, 0.1) is 0 Å². The first-order valence-corrected chi connectivity index (χ1v) is 6.74. The number of benzene rings is 1. The van der Waals surface area contributed by atoms with Gasteiger partial charge in [0, 0.05) is 11.7 Å². The number of nitrogens with one attached hydrogen (secondary N) is 1. The molecule has 90 valence electrons. The van der Waals surface area contributed by atoms with E-state index < -0.39 is 15.3 Å². The van der Waals surface area contributed by atoms with Gasteiger partial charge in [0.25, 0.3) is 0 Å². The number of nitrogens with two attached hydrogens (primary N) is 1. The van der Waals surface area contributed by atoms with Gasteiger partial charge in [0.1, 0.15) is 0 Å². The lowest BCUT2D eigenvalue weighted by Gasteiger charge is -2.17. The fourth-order valence-electron chi connectivity index (χ4n) is 1.35. The molecule has 0 fully saturated rings. The van der Waals surface area contributed by atoms with Gasteiger partial charge in [0.05, 0.1) is 5.25 Å². The van der Waals surface area contributed by atoms with Crippen molar-refractivity contribution in [3.63, 3.8) is 0 Å². The van der Waals surface area contributed by atoms with Crippen LogP contribution in [0.15, 0.2) is 24.3 Å². The maximum atomic E-state index is 11.7. The van der Waals surface area contributed by atoms with E-state index in [-0.39, 0.29) is 6.04 Å². The Labute approximate surface area is 96.9 Å². The Bertz CT molecular complexity index is 455. The van der Waals surface area contributed by atoms with Crippen LogP contribution in [0.2, 0.25) is 0 Å². The van der Waals surface area contributed by atoms with Crippen molar-refractivity contribution in [2.45, 2.75) is 32.1 Å². The highest BCUT2D eigenvalue weighted by molar-refractivity contribution is 7.90. The van der Waals surface area contributed by atoms with Crippen LogP contribution in [0.5, 0.6) is 0 Å². The molecule has 1 aromatic rings. The highest BCUT2D eigenvalue weighted by Gasteiger charge is 2.20. The molecular formula is C11H18N2O2S. The summed E-state index contributed by atoms with van der Waals surface area (Å²) in [4.78, 5) is 0. The van der Waals surface area contributed by atoms with E-state index >= 15 is 0 Å². The second-order valence-corrected chi connectivity index (χ2v) is 6.33. The van der Waals surface area contributed by atoms with Crippen LogP contribution in [-0.4, -0.2) is 13.7 Å². The monoisotopic (exact) mass is 242 g/mol. The number of hydrogen-bond donors (Lipinski definition) is 2. The van der Waals surface area contributed by atoms with E-state index in [9.17, 15) is 8.42 Å². The summed E-state index contributed by atoms with van der Waals surface area (Å²) in [6.45, 7) is 5.07. The number of sulfonamides is 1. The third kappa shape index (κ3) is 2.96. The summed E-state index contributed by atoms with van der Waals surface area (Å²) in [5, 5.41) is -0.445. The van der Waals surface area contributed by atoms with E-state index in [1.54, 1.807) is 26.8 Å². The van der Waals surface area contributed by atoms with Gasteiger partial charge in [-0.25, -0.2) is 13.1 Å². The van der Waals surface area contributed by atoms with Crippen LogP contribution in [0.25, 0.3) is 0 Å². The maximum Gasteiger partial charge on any atom is 0.214 e. The van der Waals surface area contributed by atoms with Gasteiger partial charge in [-0.3, -0.25) is 0 Å². The Morgan fingerprint density at radius 2 is 1.75 bits per heavy atom. The second-order valence-electron chi connectivity index (χ2n) is 4.06. The summed E-state index contributed by atoms with van der Waals surface area (Å²) in [5.41, 5.74) is 7.18. The fraction of sp³-hybridized carbons (Fsp3) is 0.455. The molecule has 0 aliphatic heterocycles. The molecule has 4 nitrogen and oxygen atoms in total. The summed E-state index contributed by atoms with van der Waals surface area (Å²) < 4.78 is 26.0. The minimum absolute atomic E-state index is 0.311. The minimum Gasteiger partial charge on any atom is -0.398 e. The molecule has 0 amide bonds. The molecule has 1 rings (SSSR count). The molecule has 0 aliphatic carbocycles. The van der Waals surface area contributed by atoms with Crippen LogP contribution in [0.1, 0.15) is 32.4 Å². The molecule has 0 saturated heterocycles. The number of rotatable bonds is 4. The standard InChI is InChI=1S/C11H18N2O2S/c1-8(2)16(14,15)13-9(3)10-6-4-5-7-11(10)12/h4-9,13H,12H2,1-3H3. The van der Waals surface area contributed by atoms with Crippen molar-refractivity contribution in [1.82, 2.24) is 4.72 Å². The summed E-state index contributed by atoms with van der Waals surface area (Å²) >= 11 is 0. The summed E-state index contributed by atoms with van der Waals surface area (Å²) in [7, 11) is -3.27. The van der Waals surface area contributed by atoms with Gasteiger partial charge >= 0.3 is 0 Å². The van der Waals surface area contributed by atoms with Gasteiger partial charge in [-0.15, -0.1) is 0 Å².